The van der Waals surface area contributed by atoms with Crippen molar-refractivity contribution in [3.63, 3.8) is 0 Å². The Labute approximate surface area is 81.2 Å². The van der Waals surface area contributed by atoms with Crippen molar-refractivity contribution in [2.75, 3.05) is 13.1 Å². The molecule has 0 aromatic heterocycles. The van der Waals surface area contributed by atoms with E-state index in [1.807, 2.05) is 12.1 Å². The van der Waals surface area contributed by atoms with Crippen LogP contribution in [0.2, 0.25) is 0 Å². The summed E-state index contributed by atoms with van der Waals surface area (Å²) in [5.74, 6) is 0. The Morgan fingerprint density at radius 3 is 2.86 bits per heavy atom. The Bertz CT molecular complexity index is 392. The number of hydrogen-bond donors (Lipinski definition) is 1. The van der Waals surface area contributed by atoms with Gasteiger partial charge in [-0.2, -0.15) is 0 Å². The predicted octanol–water partition coefficient (Wildman–Crippen LogP) is 1.80. The molecular formula is C10H10N2O2. The summed E-state index contributed by atoms with van der Waals surface area (Å²) in [6.45, 7) is 1.68. The van der Waals surface area contributed by atoms with Gasteiger partial charge in [0.2, 0.25) is 0 Å². The molecule has 0 radical (unpaired) electrons. The third-order valence-electron chi connectivity index (χ3n) is 2.86. The monoisotopic (exact) mass is 190 g/mol. The second-order valence-corrected chi connectivity index (χ2v) is 3.68. The van der Waals surface area contributed by atoms with Gasteiger partial charge in [-0.15, -0.1) is 4.91 Å². The van der Waals surface area contributed by atoms with E-state index in [2.05, 4.69) is 10.5 Å². The largest absolute Gasteiger partial charge is 0.363 e. The van der Waals surface area contributed by atoms with Crippen molar-refractivity contribution in [3.05, 3.63) is 34.2 Å². The zero-order chi connectivity index (χ0) is 9.54. The minimum absolute atomic E-state index is 0.102. The molecule has 2 atom stereocenters. The standard InChI is InChI=1S/C10H10N2O2/c13-12-6-1-2-7-8(3-6)10-5-11-4-9(7)14-10/h1-3,9-11H,4-5H2. The SMILES string of the molecule is O=Nc1ccc2c(c1)C1CNCC2O1. The molecule has 0 saturated carbocycles. The summed E-state index contributed by atoms with van der Waals surface area (Å²) in [4.78, 5) is 10.4. The molecule has 1 N–H and O–H groups in total. The third kappa shape index (κ3) is 1.01. The fourth-order valence-electron chi connectivity index (χ4n) is 2.20. The Morgan fingerprint density at radius 1 is 1.29 bits per heavy atom. The maximum Gasteiger partial charge on any atom is 0.108 e. The first kappa shape index (κ1) is 8.08. The maximum atomic E-state index is 10.4. The zero-order valence-corrected chi connectivity index (χ0v) is 7.56. The summed E-state index contributed by atoms with van der Waals surface area (Å²) >= 11 is 0. The zero-order valence-electron chi connectivity index (χ0n) is 7.56. The molecule has 14 heavy (non-hydrogen) atoms. The second-order valence-electron chi connectivity index (χ2n) is 3.68. The molecular weight excluding hydrogens is 180 g/mol. The van der Waals surface area contributed by atoms with Gasteiger partial charge in [0.05, 0.1) is 12.2 Å². The number of fused-ring (bicyclic) bond motifs is 5. The molecule has 4 nitrogen and oxygen atoms in total. The first-order valence-corrected chi connectivity index (χ1v) is 4.72. The maximum absolute atomic E-state index is 10.4. The molecule has 2 aliphatic rings. The fourth-order valence-corrected chi connectivity index (χ4v) is 2.20. The molecule has 1 aromatic carbocycles. The minimum Gasteiger partial charge on any atom is -0.363 e. The Hall–Kier alpha value is -1.26. The van der Waals surface area contributed by atoms with Crippen LogP contribution >= 0.6 is 0 Å². The summed E-state index contributed by atoms with van der Waals surface area (Å²) in [5, 5.41) is 6.23. The number of morpholine rings is 1. The van der Waals surface area contributed by atoms with Crippen molar-refractivity contribution in [2.24, 2.45) is 5.18 Å². The predicted molar refractivity (Wildman–Crippen MR) is 51.3 cm³/mol. The summed E-state index contributed by atoms with van der Waals surface area (Å²) in [7, 11) is 0. The molecule has 3 rings (SSSR count). The van der Waals surface area contributed by atoms with Gasteiger partial charge in [-0.25, -0.2) is 0 Å². The quantitative estimate of drug-likeness (QED) is 0.687. The van der Waals surface area contributed by atoms with Gasteiger partial charge in [0.15, 0.2) is 0 Å². The number of nitroso groups, excluding NO2 is 1. The normalized spacial score (nSPS) is 28.6. The summed E-state index contributed by atoms with van der Waals surface area (Å²) in [6.07, 6.45) is 0.259. The van der Waals surface area contributed by atoms with Crippen LogP contribution in [0.3, 0.4) is 0 Å². The molecule has 72 valence electrons. The molecule has 1 fully saturated rings. The molecule has 2 unspecified atom stereocenters. The number of hydrogen-bond acceptors (Lipinski definition) is 4. The van der Waals surface area contributed by atoms with Gasteiger partial charge in [0, 0.05) is 13.1 Å². The van der Waals surface area contributed by atoms with Crippen molar-refractivity contribution in [1.29, 1.82) is 0 Å². The Balaban J connectivity index is 2.12. The molecule has 0 amide bonds. The summed E-state index contributed by atoms with van der Waals surface area (Å²) in [5.41, 5.74) is 2.81. The molecule has 0 spiro atoms. The number of nitrogens with one attached hydrogen (secondary N) is 1. The minimum atomic E-state index is 0.102. The lowest BCUT2D eigenvalue weighted by Gasteiger charge is -2.21. The molecule has 2 bridgehead atoms. The highest BCUT2D eigenvalue weighted by molar-refractivity contribution is 5.48. The number of rotatable bonds is 1. The van der Waals surface area contributed by atoms with Gasteiger partial charge in [-0.05, 0) is 28.4 Å². The van der Waals surface area contributed by atoms with Gasteiger partial charge >= 0.3 is 0 Å². The second kappa shape index (κ2) is 2.87. The van der Waals surface area contributed by atoms with Crippen LogP contribution in [0.25, 0.3) is 0 Å². The Kier molecular flexibility index (Phi) is 1.65. The van der Waals surface area contributed by atoms with Crippen molar-refractivity contribution < 1.29 is 4.74 Å². The first-order valence-electron chi connectivity index (χ1n) is 4.72. The van der Waals surface area contributed by atoms with Crippen LogP contribution in [0.15, 0.2) is 23.4 Å². The molecule has 2 aliphatic heterocycles. The van der Waals surface area contributed by atoms with E-state index in [0.717, 1.165) is 18.7 Å². The van der Waals surface area contributed by atoms with Crippen LogP contribution in [-0.4, -0.2) is 13.1 Å². The van der Waals surface area contributed by atoms with E-state index in [1.165, 1.54) is 5.56 Å². The van der Waals surface area contributed by atoms with Crippen molar-refractivity contribution in [1.82, 2.24) is 5.32 Å². The third-order valence-corrected chi connectivity index (χ3v) is 2.86. The van der Waals surface area contributed by atoms with E-state index >= 15 is 0 Å². The van der Waals surface area contributed by atoms with E-state index in [4.69, 9.17) is 4.74 Å². The van der Waals surface area contributed by atoms with Gasteiger partial charge in [0.1, 0.15) is 5.69 Å². The van der Waals surface area contributed by atoms with Crippen molar-refractivity contribution >= 4 is 5.69 Å². The van der Waals surface area contributed by atoms with Crippen LogP contribution in [-0.2, 0) is 4.74 Å². The van der Waals surface area contributed by atoms with Gasteiger partial charge in [-0.3, -0.25) is 0 Å². The lowest BCUT2D eigenvalue weighted by Crippen LogP contribution is -2.30. The van der Waals surface area contributed by atoms with Crippen LogP contribution in [0, 0.1) is 4.91 Å². The Morgan fingerprint density at radius 2 is 2.07 bits per heavy atom. The molecule has 0 aliphatic carbocycles. The lowest BCUT2D eigenvalue weighted by atomic mass is 10.0. The highest BCUT2D eigenvalue weighted by Gasteiger charge is 2.34. The van der Waals surface area contributed by atoms with Crippen molar-refractivity contribution in [2.45, 2.75) is 12.2 Å². The fraction of sp³-hybridized carbons (Fsp3) is 0.400. The van der Waals surface area contributed by atoms with Crippen molar-refractivity contribution in [3.8, 4) is 0 Å². The van der Waals surface area contributed by atoms with E-state index in [1.54, 1.807) is 6.07 Å². The topological polar surface area (TPSA) is 50.7 Å². The van der Waals surface area contributed by atoms with Crippen LogP contribution in [0.5, 0.6) is 0 Å². The van der Waals surface area contributed by atoms with E-state index in [-0.39, 0.29) is 12.2 Å². The van der Waals surface area contributed by atoms with Crippen LogP contribution < -0.4 is 5.32 Å². The van der Waals surface area contributed by atoms with Crippen LogP contribution in [0.1, 0.15) is 23.3 Å². The van der Waals surface area contributed by atoms with E-state index < -0.39 is 0 Å². The molecule has 1 aromatic rings. The summed E-state index contributed by atoms with van der Waals surface area (Å²) < 4.78 is 5.76. The highest BCUT2D eigenvalue weighted by atomic mass is 16.5. The molecule has 2 heterocycles. The van der Waals surface area contributed by atoms with Gasteiger partial charge in [-0.1, -0.05) is 6.07 Å². The average molecular weight is 190 g/mol. The average Bonchev–Trinajstić information content (AvgIpc) is 2.51. The number of nitrogens with zero attached hydrogens (tertiary/aromatic N) is 1. The molecule has 4 heteroatoms. The van der Waals surface area contributed by atoms with E-state index in [0.29, 0.717) is 5.69 Å². The lowest BCUT2D eigenvalue weighted by molar-refractivity contribution is -0.0149. The van der Waals surface area contributed by atoms with Crippen LogP contribution in [0.4, 0.5) is 5.69 Å². The van der Waals surface area contributed by atoms with Gasteiger partial charge < -0.3 is 10.1 Å². The van der Waals surface area contributed by atoms with Gasteiger partial charge in [0.25, 0.3) is 0 Å². The first-order chi connectivity index (χ1) is 6.88. The molecule has 1 saturated heterocycles. The number of benzene rings is 1. The van der Waals surface area contributed by atoms with E-state index in [9.17, 15) is 4.91 Å². The summed E-state index contributed by atoms with van der Waals surface area (Å²) in [6, 6.07) is 5.53. The number of ether oxygens (including phenoxy) is 1. The highest BCUT2D eigenvalue weighted by Crippen LogP contribution is 2.42. The smallest absolute Gasteiger partial charge is 0.108 e.